The molecule has 2 heterocycles. The van der Waals surface area contributed by atoms with E-state index in [1.165, 1.54) is 11.8 Å². The van der Waals surface area contributed by atoms with Gasteiger partial charge in [0.1, 0.15) is 17.6 Å². The van der Waals surface area contributed by atoms with Crippen molar-refractivity contribution < 1.29 is 24.3 Å². The number of aryl methyl sites for hydroxylation is 1. The Balaban J connectivity index is 1.60. The number of amides is 2. The Labute approximate surface area is 235 Å². The molecule has 1 saturated heterocycles. The number of aliphatic hydroxyl groups excluding tert-OH is 1. The van der Waals surface area contributed by atoms with Gasteiger partial charge in [-0.1, -0.05) is 52.0 Å². The lowest BCUT2D eigenvalue weighted by Crippen LogP contribution is -2.47. The van der Waals surface area contributed by atoms with E-state index in [1.54, 1.807) is 18.3 Å². The highest BCUT2D eigenvalue weighted by molar-refractivity contribution is 7.13. The third-order valence-electron chi connectivity index (χ3n) is 7.07. The van der Waals surface area contributed by atoms with Gasteiger partial charge in [0.15, 0.2) is 0 Å². The summed E-state index contributed by atoms with van der Waals surface area (Å²) in [4.78, 5) is 58.1. The Morgan fingerprint density at radius 3 is 2.38 bits per heavy atom. The number of thiazole rings is 1. The number of aliphatic hydroxyl groups is 1. The molecule has 1 aromatic heterocycles. The predicted octanol–water partition coefficient (Wildman–Crippen LogP) is 4.32. The van der Waals surface area contributed by atoms with Gasteiger partial charge in [0, 0.05) is 44.2 Å². The number of nitrogens with zero attached hydrogens (tertiary/aromatic N) is 2. The molecule has 2 N–H and O–H groups in total. The summed E-state index contributed by atoms with van der Waals surface area (Å²) < 4.78 is 0. The Morgan fingerprint density at radius 1 is 1.15 bits per heavy atom. The molecule has 1 aliphatic heterocycles. The monoisotopic (exact) mass is 555 g/mol. The van der Waals surface area contributed by atoms with Crippen LogP contribution in [0.25, 0.3) is 10.4 Å². The number of ketones is 2. The average Bonchev–Trinajstić information content (AvgIpc) is 3.46. The predicted molar refractivity (Wildman–Crippen MR) is 152 cm³/mol. The summed E-state index contributed by atoms with van der Waals surface area (Å²) >= 11 is 1.58. The Bertz CT molecular complexity index is 1180. The molecule has 0 spiro atoms. The van der Waals surface area contributed by atoms with Crippen LogP contribution in [0.4, 0.5) is 0 Å². The molecule has 4 atom stereocenters. The highest BCUT2D eigenvalue weighted by Gasteiger charge is 2.41. The van der Waals surface area contributed by atoms with Gasteiger partial charge in [-0.05, 0) is 36.8 Å². The molecule has 8 nitrogen and oxygen atoms in total. The van der Waals surface area contributed by atoms with Crippen LogP contribution in [0.5, 0.6) is 0 Å². The maximum Gasteiger partial charge on any atom is 0.243 e. The number of Topliss-reactive ketones (excluding diaryl/α,β-unsaturated/α-hetero) is 2. The van der Waals surface area contributed by atoms with Crippen LogP contribution in [0, 0.1) is 24.2 Å². The molecule has 212 valence electrons. The van der Waals surface area contributed by atoms with Crippen LogP contribution in [0.3, 0.4) is 0 Å². The molecule has 1 aliphatic rings. The highest BCUT2D eigenvalue weighted by atomic mass is 32.1. The minimum Gasteiger partial charge on any atom is -0.391 e. The second-order valence-corrected chi connectivity index (χ2v) is 12.9. The van der Waals surface area contributed by atoms with Crippen molar-refractivity contribution in [1.82, 2.24) is 15.2 Å². The number of carbonyl (C=O) groups is 4. The van der Waals surface area contributed by atoms with Crippen LogP contribution < -0.4 is 5.32 Å². The van der Waals surface area contributed by atoms with Crippen LogP contribution in [0.2, 0.25) is 0 Å². The standard InChI is InChI=1S/C30H41N3O5S/c1-18(11-26(36)23(12-19(2)34)14-30(4,5)6)29(38)33-16-24(35)13-25(33)28(37)31-15-21-7-9-22(10-8-21)27-20(3)32-17-39-27/h7-10,17-18,23-25,35H,11-16H2,1-6H3,(H,31,37). The zero-order valence-corrected chi connectivity index (χ0v) is 24.6. The zero-order valence-electron chi connectivity index (χ0n) is 23.8. The van der Waals surface area contributed by atoms with Crippen molar-refractivity contribution >= 4 is 34.7 Å². The molecule has 0 radical (unpaired) electrons. The van der Waals surface area contributed by atoms with E-state index in [0.29, 0.717) is 13.0 Å². The summed E-state index contributed by atoms with van der Waals surface area (Å²) in [7, 11) is 0. The maximum atomic E-state index is 13.3. The van der Waals surface area contributed by atoms with Crippen LogP contribution in [-0.4, -0.2) is 57.1 Å². The van der Waals surface area contributed by atoms with E-state index in [1.807, 2.05) is 57.5 Å². The first-order chi connectivity index (χ1) is 18.2. The van der Waals surface area contributed by atoms with Crippen LogP contribution >= 0.6 is 11.3 Å². The molecule has 2 amide bonds. The largest absolute Gasteiger partial charge is 0.391 e. The molecule has 2 aromatic rings. The van der Waals surface area contributed by atoms with Crippen LogP contribution in [0.1, 0.15) is 71.6 Å². The van der Waals surface area contributed by atoms with Gasteiger partial charge in [0.25, 0.3) is 0 Å². The molecule has 0 bridgehead atoms. The summed E-state index contributed by atoms with van der Waals surface area (Å²) in [5.41, 5.74) is 4.64. The van der Waals surface area contributed by atoms with E-state index < -0.39 is 24.0 Å². The minimum absolute atomic E-state index is 0.000618. The number of aromatic nitrogens is 1. The topological polar surface area (TPSA) is 117 Å². The van der Waals surface area contributed by atoms with E-state index in [2.05, 4.69) is 10.3 Å². The fourth-order valence-electron chi connectivity index (χ4n) is 5.19. The number of hydrogen-bond donors (Lipinski definition) is 2. The Morgan fingerprint density at radius 2 is 1.82 bits per heavy atom. The third kappa shape index (κ3) is 8.54. The van der Waals surface area contributed by atoms with Crippen molar-refractivity contribution in [3.05, 3.63) is 41.0 Å². The van der Waals surface area contributed by atoms with Crippen LogP contribution in [0.15, 0.2) is 29.8 Å². The number of nitrogens with one attached hydrogen (secondary N) is 1. The normalized spacial score (nSPS) is 19.0. The highest BCUT2D eigenvalue weighted by Crippen LogP contribution is 2.30. The molecule has 0 saturated carbocycles. The lowest BCUT2D eigenvalue weighted by atomic mass is 9.79. The van der Waals surface area contributed by atoms with Gasteiger partial charge in [-0.3, -0.25) is 14.4 Å². The number of hydrogen-bond acceptors (Lipinski definition) is 7. The molecule has 4 unspecified atom stereocenters. The molecule has 9 heteroatoms. The number of likely N-dealkylation sites (tertiary alicyclic amines) is 1. The summed E-state index contributed by atoms with van der Waals surface area (Å²) in [6.45, 7) is 11.5. The number of benzene rings is 1. The number of carbonyl (C=O) groups excluding carboxylic acids is 4. The van der Waals surface area contributed by atoms with Gasteiger partial charge in [0.05, 0.1) is 22.2 Å². The van der Waals surface area contributed by atoms with E-state index in [-0.39, 0.29) is 54.6 Å². The maximum absolute atomic E-state index is 13.3. The van der Waals surface area contributed by atoms with Gasteiger partial charge in [-0.25, -0.2) is 4.98 Å². The molecule has 39 heavy (non-hydrogen) atoms. The Hall–Kier alpha value is -2.91. The van der Waals surface area contributed by atoms with Crippen molar-refractivity contribution in [2.75, 3.05) is 6.54 Å². The van der Waals surface area contributed by atoms with Crippen molar-refractivity contribution in [3.8, 4) is 10.4 Å². The van der Waals surface area contributed by atoms with E-state index in [4.69, 9.17) is 0 Å². The second kappa shape index (κ2) is 13.0. The first kappa shape index (κ1) is 30.6. The van der Waals surface area contributed by atoms with Crippen molar-refractivity contribution in [1.29, 1.82) is 0 Å². The first-order valence-corrected chi connectivity index (χ1v) is 14.4. The lowest BCUT2D eigenvalue weighted by molar-refractivity contribution is -0.143. The zero-order chi connectivity index (χ0) is 28.9. The summed E-state index contributed by atoms with van der Waals surface area (Å²) in [6.07, 6.45) is 0.0683. The summed E-state index contributed by atoms with van der Waals surface area (Å²) in [5.74, 6) is -1.92. The lowest BCUT2D eigenvalue weighted by Gasteiger charge is -2.28. The molecule has 3 rings (SSSR count). The summed E-state index contributed by atoms with van der Waals surface area (Å²) in [6, 6.07) is 7.09. The van der Waals surface area contributed by atoms with E-state index >= 15 is 0 Å². The summed E-state index contributed by atoms with van der Waals surface area (Å²) in [5, 5.41) is 13.2. The van der Waals surface area contributed by atoms with Gasteiger partial charge < -0.3 is 20.1 Å². The average molecular weight is 556 g/mol. The van der Waals surface area contributed by atoms with E-state index in [0.717, 1.165) is 21.7 Å². The van der Waals surface area contributed by atoms with Gasteiger partial charge >= 0.3 is 0 Å². The van der Waals surface area contributed by atoms with Crippen molar-refractivity contribution in [2.45, 2.75) is 85.9 Å². The third-order valence-corrected chi connectivity index (χ3v) is 8.05. The van der Waals surface area contributed by atoms with Crippen molar-refractivity contribution in [2.24, 2.45) is 17.3 Å². The molecule has 1 aromatic carbocycles. The van der Waals surface area contributed by atoms with Crippen LogP contribution in [-0.2, 0) is 25.7 Å². The second-order valence-electron chi connectivity index (χ2n) is 12.0. The Kier molecular flexibility index (Phi) is 10.2. The first-order valence-electron chi connectivity index (χ1n) is 13.5. The molecular weight excluding hydrogens is 514 g/mol. The van der Waals surface area contributed by atoms with Gasteiger partial charge in [0.2, 0.25) is 11.8 Å². The van der Waals surface area contributed by atoms with E-state index in [9.17, 15) is 24.3 Å². The number of β-amino-alcohol motifs (C(OH)–C–C–N with tert-alkyl or cyclic N) is 1. The number of rotatable bonds is 11. The smallest absolute Gasteiger partial charge is 0.243 e. The fraction of sp³-hybridized carbons (Fsp3) is 0.567. The fourth-order valence-corrected chi connectivity index (χ4v) is 6.00. The quantitative estimate of drug-likeness (QED) is 0.427. The molecule has 1 fully saturated rings. The minimum atomic E-state index is -0.805. The van der Waals surface area contributed by atoms with Gasteiger partial charge in [-0.2, -0.15) is 0 Å². The molecular formula is C30H41N3O5S. The molecule has 0 aliphatic carbocycles. The van der Waals surface area contributed by atoms with Gasteiger partial charge in [-0.15, -0.1) is 11.3 Å². The van der Waals surface area contributed by atoms with Crippen molar-refractivity contribution in [3.63, 3.8) is 0 Å². The SMILES string of the molecule is CC(=O)CC(CC(C)(C)C)C(=O)CC(C)C(=O)N1CC(O)CC1C(=O)NCc1ccc(-c2scnc2C)cc1.